The number of nitrogens with one attached hydrogen (secondary N) is 2. The molecule has 7 nitrogen and oxygen atoms in total. The zero-order chi connectivity index (χ0) is 17.6. The number of fused-ring (bicyclic) bond motifs is 1. The highest BCUT2D eigenvalue weighted by molar-refractivity contribution is 6.08. The van der Waals surface area contributed by atoms with E-state index in [1.54, 1.807) is 30.3 Å². The van der Waals surface area contributed by atoms with Crippen LogP contribution in [-0.2, 0) is 16.9 Å². The van der Waals surface area contributed by atoms with Gasteiger partial charge in [-0.15, -0.1) is 0 Å². The van der Waals surface area contributed by atoms with E-state index in [0.717, 1.165) is 5.56 Å². The van der Waals surface area contributed by atoms with Crippen LogP contribution >= 0.6 is 0 Å². The number of phenolic OH excluding ortho intramolecular Hbond substituents is 1. The summed E-state index contributed by atoms with van der Waals surface area (Å²) in [6.07, 6.45) is 0. The van der Waals surface area contributed by atoms with Gasteiger partial charge in [-0.1, -0.05) is 36.4 Å². The lowest BCUT2D eigenvalue weighted by Crippen LogP contribution is -2.52. The Labute approximate surface area is 143 Å². The molecule has 0 unspecified atom stereocenters. The molecule has 0 aliphatic carbocycles. The third-order valence-corrected chi connectivity index (χ3v) is 4.61. The fraction of sp³-hybridized carbons (Fsp3) is 0.167. The fourth-order valence-electron chi connectivity index (χ4n) is 3.38. The minimum atomic E-state index is -1.34. The number of urea groups is 1. The first-order valence-electron chi connectivity index (χ1n) is 7.80. The standard InChI is InChI=1S/C18H15N3O4/c22-13-7-6-11-9-21(15(23)14(11)8-13)10-18(12-4-2-1-3-5-12)16(24)19-17(25)20-18/h1-8,22H,9-10H2,(H2,19,20,24,25)/t18-/m0/s1. The van der Waals surface area contributed by atoms with Crippen molar-refractivity contribution >= 4 is 17.8 Å². The van der Waals surface area contributed by atoms with Crippen LogP contribution in [0.1, 0.15) is 21.5 Å². The van der Waals surface area contributed by atoms with E-state index in [2.05, 4.69) is 10.6 Å². The first-order chi connectivity index (χ1) is 12.0. The lowest BCUT2D eigenvalue weighted by molar-refractivity contribution is -0.124. The van der Waals surface area contributed by atoms with E-state index in [1.807, 2.05) is 6.07 Å². The molecule has 2 aromatic rings. The van der Waals surface area contributed by atoms with Crippen LogP contribution in [-0.4, -0.2) is 34.4 Å². The lowest BCUT2D eigenvalue weighted by Gasteiger charge is -2.31. The summed E-state index contributed by atoms with van der Waals surface area (Å²) in [7, 11) is 0. The van der Waals surface area contributed by atoms with E-state index in [-0.39, 0.29) is 18.2 Å². The van der Waals surface area contributed by atoms with Gasteiger partial charge in [-0.25, -0.2) is 4.79 Å². The molecule has 7 heteroatoms. The molecule has 2 aliphatic heterocycles. The van der Waals surface area contributed by atoms with Crippen LogP contribution in [0.25, 0.3) is 0 Å². The number of carbonyl (C=O) groups is 3. The second-order valence-corrected chi connectivity index (χ2v) is 6.18. The van der Waals surface area contributed by atoms with Crippen molar-refractivity contribution in [3.8, 4) is 5.75 Å². The Morgan fingerprint density at radius 3 is 2.52 bits per heavy atom. The van der Waals surface area contributed by atoms with E-state index in [4.69, 9.17) is 0 Å². The monoisotopic (exact) mass is 337 g/mol. The molecule has 3 N–H and O–H groups in total. The van der Waals surface area contributed by atoms with Gasteiger partial charge in [-0.2, -0.15) is 0 Å². The molecule has 2 aliphatic rings. The van der Waals surface area contributed by atoms with Gasteiger partial charge in [0, 0.05) is 12.1 Å². The molecule has 0 saturated carbocycles. The highest BCUT2D eigenvalue weighted by Crippen LogP contribution is 2.32. The summed E-state index contributed by atoms with van der Waals surface area (Å²) >= 11 is 0. The van der Waals surface area contributed by atoms with Crippen molar-refractivity contribution in [2.45, 2.75) is 12.1 Å². The Bertz CT molecular complexity index is 896. The SMILES string of the molecule is O=C1NC(=O)[C@](CN2Cc3ccc(O)cc3C2=O)(c2ccccc2)N1. The van der Waals surface area contributed by atoms with E-state index in [1.165, 1.54) is 17.0 Å². The largest absolute Gasteiger partial charge is 0.508 e. The predicted molar refractivity (Wildman–Crippen MR) is 87.6 cm³/mol. The normalized spacial score (nSPS) is 21.9. The molecular weight excluding hydrogens is 322 g/mol. The Balaban J connectivity index is 1.71. The van der Waals surface area contributed by atoms with E-state index < -0.39 is 17.5 Å². The van der Waals surface area contributed by atoms with Crippen molar-refractivity contribution in [1.29, 1.82) is 0 Å². The summed E-state index contributed by atoms with van der Waals surface area (Å²) < 4.78 is 0. The second kappa shape index (κ2) is 5.34. The van der Waals surface area contributed by atoms with Gasteiger partial charge < -0.3 is 15.3 Å². The summed E-state index contributed by atoms with van der Waals surface area (Å²) in [4.78, 5) is 38.5. The molecule has 126 valence electrons. The fourth-order valence-corrected chi connectivity index (χ4v) is 3.38. The molecular formula is C18H15N3O4. The third-order valence-electron chi connectivity index (χ3n) is 4.61. The van der Waals surface area contributed by atoms with Crippen LogP contribution in [0.5, 0.6) is 5.75 Å². The average molecular weight is 337 g/mol. The van der Waals surface area contributed by atoms with Crippen molar-refractivity contribution in [3.05, 3.63) is 65.2 Å². The number of nitrogens with zero attached hydrogens (tertiary/aromatic N) is 1. The molecule has 0 aromatic heterocycles. The number of aromatic hydroxyl groups is 1. The quantitative estimate of drug-likeness (QED) is 0.730. The molecule has 1 saturated heterocycles. The maximum absolute atomic E-state index is 12.7. The summed E-state index contributed by atoms with van der Waals surface area (Å²) in [6.45, 7) is 0.315. The van der Waals surface area contributed by atoms with Crippen LogP contribution in [0.4, 0.5) is 4.79 Å². The smallest absolute Gasteiger partial charge is 0.322 e. The van der Waals surface area contributed by atoms with E-state index in [9.17, 15) is 19.5 Å². The molecule has 2 aromatic carbocycles. The highest BCUT2D eigenvalue weighted by atomic mass is 16.3. The molecule has 4 rings (SSSR count). The topological polar surface area (TPSA) is 98.7 Å². The maximum atomic E-state index is 12.7. The number of amides is 4. The molecule has 0 bridgehead atoms. The Morgan fingerprint density at radius 1 is 1.08 bits per heavy atom. The highest BCUT2D eigenvalue weighted by Gasteiger charge is 2.50. The number of imide groups is 1. The first kappa shape index (κ1) is 15.2. The first-order valence-corrected chi connectivity index (χ1v) is 7.80. The van der Waals surface area contributed by atoms with Crippen LogP contribution in [0.2, 0.25) is 0 Å². The Hall–Kier alpha value is -3.35. The third kappa shape index (κ3) is 2.32. The van der Waals surface area contributed by atoms with Crippen LogP contribution in [0, 0.1) is 0 Å². The van der Waals surface area contributed by atoms with Crippen molar-refractivity contribution in [2.75, 3.05) is 6.54 Å². The van der Waals surface area contributed by atoms with Crippen molar-refractivity contribution in [3.63, 3.8) is 0 Å². The maximum Gasteiger partial charge on any atom is 0.322 e. The van der Waals surface area contributed by atoms with Crippen LogP contribution < -0.4 is 10.6 Å². The van der Waals surface area contributed by atoms with Gasteiger partial charge in [-0.05, 0) is 23.3 Å². The number of hydrogen-bond acceptors (Lipinski definition) is 4. The van der Waals surface area contributed by atoms with Crippen molar-refractivity contribution in [1.82, 2.24) is 15.5 Å². The molecule has 4 amide bonds. The van der Waals surface area contributed by atoms with Gasteiger partial charge in [0.2, 0.25) is 0 Å². The average Bonchev–Trinajstić information content (AvgIpc) is 3.06. The molecule has 2 heterocycles. The minimum absolute atomic E-state index is 0.00284. The molecule has 0 spiro atoms. The van der Waals surface area contributed by atoms with Gasteiger partial charge in [0.1, 0.15) is 5.75 Å². The number of benzene rings is 2. The molecule has 1 atom stereocenters. The number of rotatable bonds is 3. The summed E-state index contributed by atoms with van der Waals surface area (Å²) in [5.41, 5.74) is 0.451. The summed E-state index contributed by atoms with van der Waals surface area (Å²) in [5, 5.41) is 14.5. The number of hydrogen-bond donors (Lipinski definition) is 3. The van der Waals surface area contributed by atoms with Gasteiger partial charge >= 0.3 is 6.03 Å². The zero-order valence-electron chi connectivity index (χ0n) is 13.2. The lowest BCUT2D eigenvalue weighted by atomic mass is 9.89. The van der Waals surface area contributed by atoms with Crippen molar-refractivity contribution in [2.24, 2.45) is 0 Å². The van der Waals surface area contributed by atoms with Crippen LogP contribution in [0.3, 0.4) is 0 Å². The number of carbonyl (C=O) groups excluding carboxylic acids is 3. The second-order valence-electron chi connectivity index (χ2n) is 6.18. The molecule has 1 fully saturated rings. The van der Waals surface area contributed by atoms with Crippen LogP contribution in [0.15, 0.2) is 48.5 Å². The molecule has 0 radical (unpaired) electrons. The van der Waals surface area contributed by atoms with Gasteiger partial charge in [-0.3, -0.25) is 14.9 Å². The minimum Gasteiger partial charge on any atom is -0.508 e. The molecule has 25 heavy (non-hydrogen) atoms. The van der Waals surface area contributed by atoms with E-state index >= 15 is 0 Å². The van der Waals surface area contributed by atoms with E-state index in [0.29, 0.717) is 17.7 Å². The van der Waals surface area contributed by atoms with Gasteiger partial charge in [0.25, 0.3) is 11.8 Å². The van der Waals surface area contributed by atoms with Crippen molar-refractivity contribution < 1.29 is 19.5 Å². The summed E-state index contributed by atoms with van der Waals surface area (Å²) in [5.74, 6) is -0.760. The van der Waals surface area contributed by atoms with Gasteiger partial charge in [0.15, 0.2) is 5.54 Å². The summed E-state index contributed by atoms with van der Waals surface area (Å²) in [6, 6.07) is 12.9. The predicted octanol–water partition coefficient (Wildman–Crippen LogP) is 1.08. The van der Waals surface area contributed by atoms with Gasteiger partial charge in [0.05, 0.1) is 6.54 Å². The number of phenols is 1. The Kier molecular flexibility index (Phi) is 3.24. The Morgan fingerprint density at radius 2 is 1.84 bits per heavy atom. The zero-order valence-corrected chi connectivity index (χ0v) is 13.2.